The Hall–Kier alpha value is -0.163. The molecular weight excluding hydrogens is 256 g/mol. The van der Waals surface area contributed by atoms with Crippen molar-refractivity contribution in [1.82, 2.24) is 0 Å². The maximum Gasteiger partial charge on any atom is 0.192 e. The van der Waals surface area contributed by atoms with Crippen LogP contribution in [0.5, 0.6) is 0 Å². The quantitative estimate of drug-likeness (QED) is 0.408. The molecule has 0 saturated heterocycles. The summed E-state index contributed by atoms with van der Waals surface area (Å²) in [4.78, 5) is 0. The molecule has 0 heterocycles. The molecule has 0 aromatic carbocycles. The number of rotatable bonds is 8. The fourth-order valence-corrected chi connectivity index (χ4v) is 2.91. The first-order valence-corrected chi connectivity index (χ1v) is 10.1. The zero-order chi connectivity index (χ0) is 15.1. The Morgan fingerprint density at radius 2 is 1.79 bits per heavy atom. The highest BCUT2D eigenvalue weighted by Gasteiger charge is 2.39. The molecule has 0 fully saturated rings. The standard InChI is InChI=1S/C15H32O3Si/c1-13(18-19(5,6)15(2,3)4)14(17)11-9-7-8-10-12-16/h7,9,13-14,16-17H,8,10-12H2,1-6H3/b9-7-/t13-,14-/m0/s1. The van der Waals surface area contributed by atoms with E-state index in [2.05, 4.69) is 33.9 Å². The molecule has 0 saturated carbocycles. The molecule has 114 valence electrons. The van der Waals surface area contributed by atoms with Gasteiger partial charge in [-0.1, -0.05) is 32.9 Å². The molecule has 0 aromatic heterocycles. The Morgan fingerprint density at radius 3 is 2.26 bits per heavy atom. The number of allylic oxidation sites excluding steroid dienone is 1. The topological polar surface area (TPSA) is 49.7 Å². The SMILES string of the molecule is C[C@H](O[Si](C)(C)C(C)(C)C)[C@@H](O)C/C=C\CCCO. The second-order valence-electron chi connectivity index (χ2n) is 6.72. The highest BCUT2D eigenvalue weighted by molar-refractivity contribution is 6.74. The maximum atomic E-state index is 10.1. The molecule has 3 nitrogen and oxygen atoms in total. The number of aliphatic hydroxyl groups excluding tert-OH is 2. The Labute approximate surface area is 119 Å². The fraction of sp³-hybridized carbons (Fsp3) is 0.867. The van der Waals surface area contributed by atoms with Gasteiger partial charge in [0.1, 0.15) is 0 Å². The third-order valence-corrected chi connectivity index (χ3v) is 8.48. The van der Waals surface area contributed by atoms with E-state index in [1.54, 1.807) is 0 Å². The summed E-state index contributed by atoms with van der Waals surface area (Å²) in [6.45, 7) is 13.2. The highest BCUT2D eigenvalue weighted by Crippen LogP contribution is 2.37. The largest absolute Gasteiger partial charge is 0.412 e. The lowest BCUT2D eigenvalue weighted by Gasteiger charge is -2.39. The number of aliphatic hydroxyl groups is 2. The van der Waals surface area contributed by atoms with E-state index in [-0.39, 0.29) is 17.7 Å². The average Bonchev–Trinajstić information content (AvgIpc) is 2.26. The van der Waals surface area contributed by atoms with Gasteiger partial charge >= 0.3 is 0 Å². The second-order valence-corrected chi connectivity index (χ2v) is 11.5. The molecule has 0 unspecified atom stereocenters. The smallest absolute Gasteiger partial charge is 0.192 e. The maximum absolute atomic E-state index is 10.1. The molecule has 0 aliphatic carbocycles. The van der Waals surface area contributed by atoms with Gasteiger partial charge in [0.25, 0.3) is 0 Å². The van der Waals surface area contributed by atoms with Crippen LogP contribution in [-0.4, -0.2) is 37.3 Å². The van der Waals surface area contributed by atoms with Gasteiger partial charge in [0.2, 0.25) is 0 Å². The molecule has 0 bridgehead atoms. The van der Waals surface area contributed by atoms with Crippen molar-refractivity contribution in [3.63, 3.8) is 0 Å². The number of unbranched alkanes of at least 4 members (excludes halogenated alkanes) is 1. The monoisotopic (exact) mass is 288 g/mol. The van der Waals surface area contributed by atoms with Crippen LogP contribution >= 0.6 is 0 Å². The van der Waals surface area contributed by atoms with Crippen molar-refractivity contribution in [3.05, 3.63) is 12.2 Å². The molecule has 0 amide bonds. The minimum atomic E-state index is -1.81. The third kappa shape index (κ3) is 7.25. The van der Waals surface area contributed by atoms with Gasteiger partial charge in [-0.15, -0.1) is 0 Å². The summed E-state index contributed by atoms with van der Waals surface area (Å²) in [6.07, 6.45) is 5.65. The summed E-state index contributed by atoms with van der Waals surface area (Å²) >= 11 is 0. The van der Waals surface area contributed by atoms with Gasteiger partial charge in [-0.25, -0.2) is 0 Å². The fourth-order valence-electron chi connectivity index (χ4n) is 1.47. The molecule has 0 spiro atoms. The van der Waals surface area contributed by atoms with Crippen LogP contribution < -0.4 is 0 Å². The summed E-state index contributed by atoms with van der Waals surface area (Å²) in [7, 11) is -1.81. The molecule has 19 heavy (non-hydrogen) atoms. The van der Waals surface area contributed by atoms with Crippen LogP contribution in [0.2, 0.25) is 18.1 Å². The summed E-state index contributed by atoms with van der Waals surface area (Å²) in [5.74, 6) is 0. The minimum Gasteiger partial charge on any atom is -0.412 e. The summed E-state index contributed by atoms with van der Waals surface area (Å²) in [5.41, 5.74) is 0. The van der Waals surface area contributed by atoms with Gasteiger partial charge in [0.05, 0.1) is 12.2 Å². The highest BCUT2D eigenvalue weighted by atomic mass is 28.4. The third-order valence-electron chi connectivity index (χ3n) is 3.90. The summed E-state index contributed by atoms with van der Waals surface area (Å²) in [6, 6.07) is 0. The van der Waals surface area contributed by atoms with Crippen molar-refractivity contribution < 1.29 is 14.6 Å². The predicted octanol–water partition coefficient (Wildman–Crippen LogP) is 3.48. The molecule has 4 heteroatoms. The van der Waals surface area contributed by atoms with Crippen LogP contribution in [0.25, 0.3) is 0 Å². The molecule has 0 aromatic rings. The molecule has 2 N–H and O–H groups in total. The van der Waals surface area contributed by atoms with E-state index in [9.17, 15) is 5.11 Å². The minimum absolute atomic E-state index is 0.136. The average molecular weight is 289 g/mol. The second kappa shape index (κ2) is 8.20. The first kappa shape index (κ1) is 18.8. The zero-order valence-corrected chi connectivity index (χ0v) is 14.4. The van der Waals surface area contributed by atoms with E-state index < -0.39 is 14.4 Å². The Balaban J connectivity index is 4.20. The van der Waals surface area contributed by atoms with Gasteiger partial charge in [-0.3, -0.25) is 0 Å². The molecule has 0 radical (unpaired) electrons. The van der Waals surface area contributed by atoms with E-state index in [0.717, 1.165) is 12.8 Å². The van der Waals surface area contributed by atoms with Gasteiger partial charge in [-0.2, -0.15) is 0 Å². The first-order valence-electron chi connectivity index (χ1n) is 7.23. The van der Waals surface area contributed by atoms with E-state index in [4.69, 9.17) is 9.53 Å². The Bertz CT molecular complexity index is 269. The molecular formula is C15H32O3Si. The van der Waals surface area contributed by atoms with Crippen LogP contribution in [-0.2, 0) is 4.43 Å². The van der Waals surface area contributed by atoms with Crippen LogP contribution in [0.15, 0.2) is 12.2 Å². The normalized spacial score (nSPS) is 16.8. The lowest BCUT2D eigenvalue weighted by Crippen LogP contribution is -2.46. The van der Waals surface area contributed by atoms with Gasteiger partial charge < -0.3 is 14.6 Å². The summed E-state index contributed by atoms with van der Waals surface area (Å²) < 4.78 is 6.16. The molecule has 0 aliphatic rings. The van der Waals surface area contributed by atoms with E-state index in [1.807, 2.05) is 19.1 Å². The lowest BCUT2D eigenvalue weighted by molar-refractivity contribution is 0.0409. The molecule has 0 rings (SSSR count). The van der Waals surface area contributed by atoms with Crippen molar-refractivity contribution in [1.29, 1.82) is 0 Å². The van der Waals surface area contributed by atoms with Crippen LogP contribution in [0.4, 0.5) is 0 Å². The predicted molar refractivity (Wildman–Crippen MR) is 83.8 cm³/mol. The summed E-state index contributed by atoms with van der Waals surface area (Å²) in [5, 5.41) is 18.9. The van der Waals surface area contributed by atoms with E-state index in [0.29, 0.717) is 6.42 Å². The van der Waals surface area contributed by atoms with Gasteiger partial charge in [0, 0.05) is 6.61 Å². The van der Waals surface area contributed by atoms with Crippen LogP contribution in [0.3, 0.4) is 0 Å². The number of hydrogen-bond acceptors (Lipinski definition) is 3. The van der Waals surface area contributed by atoms with Crippen LogP contribution in [0.1, 0.15) is 47.0 Å². The lowest BCUT2D eigenvalue weighted by atomic mass is 10.1. The molecule has 0 aliphatic heterocycles. The van der Waals surface area contributed by atoms with Gasteiger partial charge in [-0.05, 0) is 44.3 Å². The van der Waals surface area contributed by atoms with Crippen molar-refractivity contribution in [2.75, 3.05) is 6.61 Å². The zero-order valence-electron chi connectivity index (χ0n) is 13.4. The van der Waals surface area contributed by atoms with Crippen molar-refractivity contribution in [3.8, 4) is 0 Å². The first-order chi connectivity index (χ1) is 8.62. The molecule has 2 atom stereocenters. The van der Waals surface area contributed by atoms with Crippen molar-refractivity contribution >= 4 is 8.32 Å². The number of hydrogen-bond donors (Lipinski definition) is 2. The van der Waals surface area contributed by atoms with Crippen molar-refractivity contribution in [2.24, 2.45) is 0 Å². The Kier molecular flexibility index (Phi) is 8.13. The van der Waals surface area contributed by atoms with E-state index in [1.165, 1.54) is 0 Å². The van der Waals surface area contributed by atoms with Crippen molar-refractivity contribution in [2.45, 2.75) is 77.3 Å². The van der Waals surface area contributed by atoms with Crippen LogP contribution in [0, 0.1) is 0 Å². The van der Waals surface area contributed by atoms with E-state index >= 15 is 0 Å². The Morgan fingerprint density at radius 1 is 1.21 bits per heavy atom. The van der Waals surface area contributed by atoms with Gasteiger partial charge in [0.15, 0.2) is 8.32 Å².